The van der Waals surface area contributed by atoms with Crippen LogP contribution in [0, 0.1) is 5.92 Å². The number of hydrogen-bond acceptors (Lipinski definition) is 3. The molecule has 1 aliphatic rings. The number of alkyl halides is 7. The number of unbranched alkanes of at least 4 members (excludes halogenated alkanes) is 1. The summed E-state index contributed by atoms with van der Waals surface area (Å²) in [7, 11) is 0. The van der Waals surface area contributed by atoms with Crippen LogP contribution < -0.4 is 5.43 Å². The zero-order valence-corrected chi connectivity index (χ0v) is 13.7. The number of aliphatic hydroxyl groups is 1. The third-order valence-corrected chi connectivity index (χ3v) is 3.71. The molecule has 25 heavy (non-hydrogen) atoms. The number of nitrogens with one attached hydrogen (secondary N) is 1. The van der Waals surface area contributed by atoms with E-state index in [-0.39, 0.29) is 17.1 Å². The van der Waals surface area contributed by atoms with Gasteiger partial charge in [-0.2, -0.15) is 30.7 Å². The van der Waals surface area contributed by atoms with Crippen LogP contribution >= 0.6 is 0 Å². The quantitative estimate of drug-likeness (QED) is 0.717. The third kappa shape index (κ3) is 3.42. The molecule has 0 aromatic heterocycles. The average Bonchev–Trinajstić information content (AvgIpc) is 2.81. The van der Waals surface area contributed by atoms with Crippen LogP contribution in [0.1, 0.15) is 40.0 Å². The first-order valence-electron chi connectivity index (χ1n) is 7.48. The highest BCUT2D eigenvalue weighted by Crippen LogP contribution is 2.54. The zero-order valence-electron chi connectivity index (χ0n) is 13.7. The Bertz CT molecular complexity index is 546. The standard InChI is InChI=1S/C14H19F7N2O2/c1-4-5-6-9-7-11(25,23(22-9)10(24)8(2)3)12(15,16)13(17,18)14(19,20)21/h6,8,22,25H,4-5,7H2,1-3H3. The fourth-order valence-corrected chi connectivity index (χ4v) is 2.23. The number of nitrogens with zero attached hydrogens (tertiary/aromatic N) is 1. The van der Waals surface area contributed by atoms with Crippen LogP contribution in [0.15, 0.2) is 11.8 Å². The van der Waals surface area contributed by atoms with Gasteiger partial charge in [-0.1, -0.05) is 33.3 Å². The van der Waals surface area contributed by atoms with Crippen molar-refractivity contribution in [2.75, 3.05) is 0 Å². The number of halogens is 7. The van der Waals surface area contributed by atoms with Crippen LogP contribution in [0.3, 0.4) is 0 Å². The van der Waals surface area contributed by atoms with Crippen LogP contribution in [0.2, 0.25) is 0 Å². The van der Waals surface area contributed by atoms with Gasteiger partial charge in [0.1, 0.15) is 0 Å². The number of allylic oxidation sites excluding steroid dienone is 1. The summed E-state index contributed by atoms with van der Waals surface area (Å²) < 4.78 is 92.5. The molecule has 0 aromatic rings. The first-order chi connectivity index (χ1) is 11.1. The number of rotatable bonds is 5. The summed E-state index contributed by atoms with van der Waals surface area (Å²) in [5, 5.41) is 9.92. The van der Waals surface area contributed by atoms with Crippen molar-refractivity contribution < 1.29 is 40.6 Å². The second kappa shape index (κ2) is 6.65. The maximum Gasteiger partial charge on any atom is 0.460 e. The normalized spacial score (nSPS) is 24.2. The number of amides is 1. The molecule has 0 spiro atoms. The lowest BCUT2D eigenvalue weighted by Gasteiger charge is -2.42. The zero-order chi connectivity index (χ0) is 19.8. The summed E-state index contributed by atoms with van der Waals surface area (Å²) in [6.45, 7) is 4.15. The van der Waals surface area contributed by atoms with Crippen molar-refractivity contribution in [1.82, 2.24) is 10.4 Å². The van der Waals surface area contributed by atoms with Gasteiger partial charge in [0.05, 0.1) is 0 Å². The highest BCUT2D eigenvalue weighted by molar-refractivity contribution is 5.79. The molecule has 146 valence electrons. The Morgan fingerprint density at radius 3 is 2.20 bits per heavy atom. The number of hydrogen-bond donors (Lipinski definition) is 2. The summed E-state index contributed by atoms with van der Waals surface area (Å²) in [6.07, 6.45) is -5.85. The van der Waals surface area contributed by atoms with Crippen molar-refractivity contribution in [2.45, 2.75) is 63.8 Å². The van der Waals surface area contributed by atoms with Crippen molar-refractivity contribution in [3.05, 3.63) is 11.8 Å². The Morgan fingerprint density at radius 1 is 1.28 bits per heavy atom. The van der Waals surface area contributed by atoms with E-state index in [0.717, 1.165) is 0 Å². The Balaban J connectivity index is 3.45. The Morgan fingerprint density at radius 2 is 1.80 bits per heavy atom. The van der Waals surface area contributed by atoms with E-state index in [1.165, 1.54) is 19.9 Å². The van der Waals surface area contributed by atoms with E-state index in [1.807, 2.05) is 5.43 Å². The molecular formula is C14H19F7N2O2. The lowest BCUT2D eigenvalue weighted by atomic mass is 9.93. The van der Waals surface area contributed by atoms with E-state index < -0.39 is 42.0 Å². The molecule has 0 radical (unpaired) electrons. The molecule has 0 aromatic carbocycles. The van der Waals surface area contributed by atoms with Gasteiger partial charge < -0.3 is 5.11 Å². The fourth-order valence-electron chi connectivity index (χ4n) is 2.23. The summed E-state index contributed by atoms with van der Waals surface area (Å²) in [6, 6.07) is 0. The summed E-state index contributed by atoms with van der Waals surface area (Å²) in [4.78, 5) is 12.0. The monoisotopic (exact) mass is 380 g/mol. The SMILES string of the molecule is CCCC=C1CC(O)(C(F)(F)C(F)(F)C(F)(F)F)N(C(=O)C(C)C)N1. The Labute approximate surface area is 139 Å². The van der Waals surface area contributed by atoms with E-state index in [2.05, 4.69) is 0 Å². The predicted molar refractivity (Wildman–Crippen MR) is 73.3 cm³/mol. The van der Waals surface area contributed by atoms with Gasteiger partial charge in [-0.25, -0.2) is 5.01 Å². The van der Waals surface area contributed by atoms with Crippen LogP contribution in [0.5, 0.6) is 0 Å². The second-order valence-electron chi connectivity index (χ2n) is 6.10. The second-order valence-corrected chi connectivity index (χ2v) is 6.10. The van der Waals surface area contributed by atoms with Gasteiger partial charge >= 0.3 is 18.0 Å². The molecule has 4 nitrogen and oxygen atoms in total. The van der Waals surface area contributed by atoms with Gasteiger partial charge in [-0.3, -0.25) is 10.2 Å². The smallest absolute Gasteiger partial charge is 0.364 e. The first kappa shape index (κ1) is 21.5. The van der Waals surface area contributed by atoms with Crippen LogP contribution in [-0.4, -0.2) is 39.8 Å². The van der Waals surface area contributed by atoms with Gasteiger partial charge in [-0.15, -0.1) is 0 Å². The molecule has 1 atom stereocenters. The van der Waals surface area contributed by atoms with E-state index in [1.54, 1.807) is 6.92 Å². The summed E-state index contributed by atoms with van der Waals surface area (Å²) >= 11 is 0. The highest BCUT2D eigenvalue weighted by Gasteiger charge is 2.82. The van der Waals surface area contributed by atoms with Crippen LogP contribution in [0.25, 0.3) is 0 Å². The molecule has 0 bridgehead atoms. The largest absolute Gasteiger partial charge is 0.460 e. The molecule has 11 heteroatoms. The minimum Gasteiger partial charge on any atom is -0.364 e. The summed E-state index contributed by atoms with van der Waals surface area (Å²) in [5.74, 6) is -14.8. The maximum absolute atomic E-state index is 14.2. The maximum atomic E-state index is 14.2. The van der Waals surface area contributed by atoms with Crippen molar-refractivity contribution in [2.24, 2.45) is 5.92 Å². The van der Waals surface area contributed by atoms with Gasteiger partial charge in [0.2, 0.25) is 11.6 Å². The van der Waals surface area contributed by atoms with E-state index >= 15 is 0 Å². The number of carbonyl (C=O) groups excluding carboxylic acids is 1. The summed E-state index contributed by atoms with van der Waals surface area (Å²) in [5.41, 5.74) is -2.27. The van der Waals surface area contributed by atoms with E-state index in [0.29, 0.717) is 6.42 Å². The van der Waals surface area contributed by atoms with Crippen molar-refractivity contribution in [3.63, 3.8) is 0 Å². The minimum atomic E-state index is -6.62. The van der Waals surface area contributed by atoms with Crippen LogP contribution in [-0.2, 0) is 4.79 Å². The van der Waals surface area contributed by atoms with Crippen molar-refractivity contribution >= 4 is 5.91 Å². The molecule has 1 heterocycles. The predicted octanol–water partition coefficient (Wildman–Crippen LogP) is 3.58. The Hall–Kier alpha value is -1.52. The van der Waals surface area contributed by atoms with Gasteiger partial charge in [0, 0.05) is 18.0 Å². The lowest BCUT2D eigenvalue weighted by Crippen LogP contribution is -2.70. The van der Waals surface area contributed by atoms with Crippen molar-refractivity contribution in [1.29, 1.82) is 0 Å². The van der Waals surface area contributed by atoms with Crippen molar-refractivity contribution in [3.8, 4) is 0 Å². The molecule has 1 saturated heterocycles. The van der Waals surface area contributed by atoms with Gasteiger partial charge in [0.25, 0.3) is 0 Å². The first-order valence-corrected chi connectivity index (χ1v) is 7.48. The van der Waals surface area contributed by atoms with E-state index in [4.69, 9.17) is 0 Å². The number of carbonyl (C=O) groups is 1. The molecule has 2 N–H and O–H groups in total. The molecular weight excluding hydrogens is 361 g/mol. The van der Waals surface area contributed by atoms with Gasteiger partial charge in [-0.05, 0) is 6.42 Å². The molecule has 0 aliphatic carbocycles. The van der Waals surface area contributed by atoms with E-state index in [9.17, 15) is 40.6 Å². The molecule has 1 fully saturated rings. The highest BCUT2D eigenvalue weighted by atomic mass is 19.4. The Kier molecular flexibility index (Phi) is 5.73. The molecule has 0 saturated carbocycles. The van der Waals surface area contributed by atoms with Gasteiger partial charge in [0.15, 0.2) is 0 Å². The fraction of sp³-hybridized carbons (Fsp3) is 0.786. The molecule has 1 amide bonds. The minimum absolute atomic E-state index is 0.223. The molecule has 1 aliphatic heterocycles. The lowest BCUT2D eigenvalue weighted by molar-refractivity contribution is -0.402. The third-order valence-electron chi connectivity index (χ3n) is 3.71. The van der Waals surface area contributed by atoms with Crippen LogP contribution in [0.4, 0.5) is 30.7 Å². The average molecular weight is 380 g/mol. The molecule has 1 rings (SSSR count). The topological polar surface area (TPSA) is 52.6 Å². The molecule has 1 unspecified atom stereocenters. The number of hydrazine groups is 1.